The van der Waals surface area contributed by atoms with Crippen LogP contribution < -0.4 is 0 Å². The number of rotatable bonds is 1. The highest BCUT2D eigenvalue weighted by Crippen LogP contribution is 2.68. The largest absolute Gasteiger partial charge is 0.435 e. The minimum Gasteiger partial charge on any atom is -0.435 e. The summed E-state index contributed by atoms with van der Waals surface area (Å²) in [5.41, 5.74) is 0.789. The van der Waals surface area contributed by atoms with Crippen molar-refractivity contribution in [2.24, 2.45) is 22.7 Å². The number of hydrogen-bond acceptors (Lipinski definition) is 6. The van der Waals surface area contributed by atoms with Crippen molar-refractivity contribution < 1.29 is 28.9 Å². The Bertz CT molecular complexity index is 741. The molecule has 26 heavy (non-hydrogen) atoms. The zero-order valence-electron chi connectivity index (χ0n) is 14.9. The van der Waals surface area contributed by atoms with Gasteiger partial charge >= 0.3 is 11.9 Å². The molecule has 7 unspecified atom stereocenters. The third kappa shape index (κ3) is 1.89. The van der Waals surface area contributed by atoms with Crippen LogP contribution in [0.1, 0.15) is 45.4 Å². The van der Waals surface area contributed by atoms with E-state index in [0.29, 0.717) is 12.0 Å². The van der Waals surface area contributed by atoms with Gasteiger partial charge in [-0.1, -0.05) is 18.6 Å². The number of esters is 2. The van der Waals surface area contributed by atoms with Crippen molar-refractivity contribution in [2.45, 2.75) is 64.1 Å². The normalized spacial score (nSPS) is 49.8. The van der Waals surface area contributed by atoms with Gasteiger partial charge in [-0.05, 0) is 56.9 Å². The summed E-state index contributed by atoms with van der Waals surface area (Å²) in [7, 11) is 0. The average Bonchev–Trinajstić information content (AvgIpc) is 2.92. The summed E-state index contributed by atoms with van der Waals surface area (Å²) in [4.78, 5) is 24.9. The van der Waals surface area contributed by atoms with Gasteiger partial charge in [-0.3, -0.25) is 4.79 Å². The van der Waals surface area contributed by atoms with Gasteiger partial charge in [-0.25, -0.2) is 4.79 Å². The van der Waals surface area contributed by atoms with Crippen LogP contribution in [0, 0.1) is 22.7 Å². The third-order valence-corrected chi connectivity index (χ3v) is 7.61. The van der Waals surface area contributed by atoms with Crippen molar-refractivity contribution in [3.63, 3.8) is 0 Å². The van der Waals surface area contributed by atoms with E-state index in [4.69, 9.17) is 14.2 Å². The minimum absolute atomic E-state index is 0.143. The smallest absolute Gasteiger partial charge is 0.339 e. The molecule has 0 aromatic heterocycles. The molecule has 6 nitrogen and oxygen atoms in total. The van der Waals surface area contributed by atoms with Gasteiger partial charge in [0.15, 0.2) is 0 Å². The molecule has 0 aromatic rings. The summed E-state index contributed by atoms with van der Waals surface area (Å²) in [6.45, 7) is 6.37. The summed E-state index contributed by atoms with van der Waals surface area (Å²) in [6, 6.07) is 0. The highest BCUT2D eigenvalue weighted by atomic mass is 16.7. The van der Waals surface area contributed by atoms with Gasteiger partial charge in [0.25, 0.3) is 0 Å². The minimum atomic E-state index is -1.23. The van der Waals surface area contributed by atoms with Crippen LogP contribution in [0.15, 0.2) is 23.8 Å². The average molecular weight is 360 g/mol. The zero-order valence-corrected chi connectivity index (χ0v) is 14.9. The second-order valence-electron chi connectivity index (χ2n) is 8.70. The summed E-state index contributed by atoms with van der Waals surface area (Å²) < 4.78 is 16.9. The first-order valence-corrected chi connectivity index (χ1v) is 9.51. The molecule has 1 N–H and O–H groups in total. The van der Waals surface area contributed by atoms with E-state index in [9.17, 15) is 14.7 Å². The van der Waals surface area contributed by atoms with Crippen LogP contribution in [0.5, 0.6) is 0 Å². The molecule has 0 aromatic carbocycles. The van der Waals surface area contributed by atoms with Gasteiger partial charge in [0.05, 0.1) is 17.1 Å². The van der Waals surface area contributed by atoms with E-state index in [1.165, 1.54) is 6.08 Å². The zero-order chi connectivity index (χ0) is 18.3. The number of aliphatic hydroxyl groups is 1. The molecule has 1 spiro atoms. The van der Waals surface area contributed by atoms with E-state index in [2.05, 4.69) is 6.58 Å². The van der Waals surface area contributed by atoms with Gasteiger partial charge in [-0.2, -0.15) is 0 Å². The summed E-state index contributed by atoms with van der Waals surface area (Å²) in [5, 5.41) is 9.60. The third-order valence-electron chi connectivity index (χ3n) is 7.61. The molecule has 3 aliphatic heterocycles. The second kappa shape index (κ2) is 5.20. The Morgan fingerprint density at radius 1 is 1.27 bits per heavy atom. The molecule has 2 saturated heterocycles. The lowest BCUT2D eigenvalue weighted by Crippen LogP contribution is -2.68. The molecule has 7 atom stereocenters. The highest BCUT2D eigenvalue weighted by molar-refractivity contribution is 5.91. The van der Waals surface area contributed by atoms with Crippen molar-refractivity contribution in [1.29, 1.82) is 0 Å². The molecule has 2 saturated carbocycles. The second-order valence-corrected chi connectivity index (χ2v) is 8.70. The van der Waals surface area contributed by atoms with E-state index in [0.717, 1.165) is 37.7 Å². The van der Waals surface area contributed by atoms with Crippen molar-refractivity contribution in [2.75, 3.05) is 0 Å². The molecule has 5 rings (SSSR count). The maximum Gasteiger partial charge on any atom is 0.339 e. The molecular weight excluding hydrogens is 336 g/mol. The molecule has 2 bridgehead atoms. The molecule has 6 heteroatoms. The van der Waals surface area contributed by atoms with Gasteiger partial charge in [0.2, 0.25) is 12.6 Å². The fraction of sp³-hybridized carbons (Fsp3) is 0.700. The van der Waals surface area contributed by atoms with E-state index >= 15 is 0 Å². The standard InChI is InChI=1S/C20H24O6/c1-10-4-5-14-19(2)6-3-7-20(14)12(10)9-13(24-18(20)26-17(19)23)11-8-15(21)25-16(11)22/h8,12-15,18,21H,1,3-7,9H2,2H3. The van der Waals surface area contributed by atoms with Gasteiger partial charge in [-0.15, -0.1) is 0 Å². The first kappa shape index (κ1) is 16.5. The maximum atomic E-state index is 12.8. The van der Waals surface area contributed by atoms with Crippen molar-refractivity contribution in [3.8, 4) is 0 Å². The molecule has 4 fully saturated rings. The lowest BCUT2D eigenvalue weighted by Gasteiger charge is -2.66. The summed E-state index contributed by atoms with van der Waals surface area (Å²) >= 11 is 0. The molecule has 140 valence electrons. The van der Waals surface area contributed by atoms with Gasteiger partial charge in [0, 0.05) is 5.41 Å². The Kier molecular flexibility index (Phi) is 3.30. The summed E-state index contributed by atoms with van der Waals surface area (Å²) in [6.07, 6.45) is 4.18. The monoisotopic (exact) mass is 360 g/mol. The van der Waals surface area contributed by atoms with E-state index in [-0.39, 0.29) is 23.2 Å². The molecule has 0 amide bonds. The van der Waals surface area contributed by atoms with Crippen LogP contribution in [0.2, 0.25) is 0 Å². The molecule has 3 heterocycles. The molecule has 0 radical (unpaired) electrons. The number of allylic oxidation sites excluding steroid dienone is 1. The SMILES string of the molecule is C=C1CCC2C3(C)CCCC24C(OC3=O)OC(C2=CC(O)OC2=O)CC14. The number of aliphatic hydroxyl groups excluding tert-OH is 1. The van der Waals surface area contributed by atoms with Gasteiger partial charge < -0.3 is 19.3 Å². The highest BCUT2D eigenvalue weighted by Gasteiger charge is 2.70. The first-order chi connectivity index (χ1) is 12.4. The Morgan fingerprint density at radius 2 is 2.08 bits per heavy atom. The lowest BCUT2D eigenvalue weighted by atomic mass is 9.43. The number of carbonyl (C=O) groups excluding carboxylic acids is 2. The first-order valence-electron chi connectivity index (χ1n) is 9.51. The predicted octanol–water partition coefficient (Wildman–Crippen LogP) is 2.22. The van der Waals surface area contributed by atoms with E-state index in [1.807, 2.05) is 6.92 Å². The number of hydrogen-bond donors (Lipinski definition) is 1. The van der Waals surface area contributed by atoms with Crippen LogP contribution >= 0.6 is 0 Å². The fourth-order valence-electron chi connectivity index (χ4n) is 6.46. The van der Waals surface area contributed by atoms with Gasteiger partial charge in [0.1, 0.15) is 0 Å². The number of ether oxygens (including phenoxy) is 3. The molecule has 5 aliphatic rings. The van der Waals surface area contributed by atoms with Crippen LogP contribution in [0.25, 0.3) is 0 Å². The molecular formula is C20H24O6. The Labute approximate surface area is 152 Å². The summed E-state index contributed by atoms with van der Waals surface area (Å²) in [5.74, 6) is -0.379. The van der Waals surface area contributed by atoms with Crippen molar-refractivity contribution >= 4 is 11.9 Å². The lowest BCUT2D eigenvalue weighted by molar-refractivity contribution is -0.323. The Hall–Kier alpha value is -1.66. The Balaban J connectivity index is 1.57. The van der Waals surface area contributed by atoms with Crippen LogP contribution in [0.4, 0.5) is 0 Å². The maximum absolute atomic E-state index is 12.8. The predicted molar refractivity (Wildman–Crippen MR) is 89.3 cm³/mol. The van der Waals surface area contributed by atoms with E-state index in [1.54, 1.807) is 0 Å². The number of carbonyl (C=O) groups is 2. The van der Waals surface area contributed by atoms with E-state index < -0.39 is 30.1 Å². The van der Waals surface area contributed by atoms with Crippen LogP contribution in [-0.2, 0) is 23.8 Å². The quantitative estimate of drug-likeness (QED) is 0.570. The topological polar surface area (TPSA) is 82.1 Å². The van der Waals surface area contributed by atoms with Crippen molar-refractivity contribution in [3.05, 3.63) is 23.8 Å². The molecule has 2 aliphatic carbocycles. The van der Waals surface area contributed by atoms with Crippen molar-refractivity contribution in [1.82, 2.24) is 0 Å². The van der Waals surface area contributed by atoms with Crippen LogP contribution in [-0.4, -0.2) is 35.7 Å². The fourth-order valence-corrected chi connectivity index (χ4v) is 6.46. The number of cyclic esters (lactones) is 1. The Morgan fingerprint density at radius 3 is 2.81 bits per heavy atom. The van der Waals surface area contributed by atoms with Crippen LogP contribution in [0.3, 0.4) is 0 Å².